The number of ether oxygens (including phenoxy) is 3. The van der Waals surface area contributed by atoms with Crippen molar-refractivity contribution in [1.82, 2.24) is 5.32 Å². The van der Waals surface area contributed by atoms with Crippen LogP contribution in [0.15, 0.2) is 48.6 Å². The van der Waals surface area contributed by atoms with Crippen LogP contribution >= 0.6 is 0 Å². The minimum atomic E-state index is -1.57. The molecule has 0 aromatic rings. The number of carbonyl (C=O) groups excluding carboxylic acids is 2. The van der Waals surface area contributed by atoms with E-state index in [4.69, 9.17) is 14.2 Å². The van der Waals surface area contributed by atoms with Gasteiger partial charge in [0.2, 0.25) is 5.91 Å². The van der Waals surface area contributed by atoms with Crippen molar-refractivity contribution in [2.24, 2.45) is 0 Å². The van der Waals surface area contributed by atoms with Crippen LogP contribution in [0, 0.1) is 0 Å². The van der Waals surface area contributed by atoms with Crippen molar-refractivity contribution in [3.63, 3.8) is 0 Å². The molecule has 7 unspecified atom stereocenters. The Bertz CT molecular complexity index is 1720. The maximum absolute atomic E-state index is 13.1. The second-order valence-electron chi connectivity index (χ2n) is 28.8. The molecule has 11 heteroatoms. The van der Waals surface area contributed by atoms with Crippen molar-refractivity contribution in [2.45, 2.75) is 455 Å². The highest BCUT2D eigenvalue weighted by Crippen LogP contribution is 2.24. The molecule has 0 aromatic heterocycles. The van der Waals surface area contributed by atoms with Gasteiger partial charge >= 0.3 is 5.97 Å². The van der Waals surface area contributed by atoms with Crippen LogP contribution in [0.25, 0.3) is 0 Å². The number of hydrogen-bond acceptors (Lipinski definition) is 10. The highest BCUT2D eigenvalue weighted by Gasteiger charge is 2.44. The molecule has 1 aliphatic rings. The number of esters is 1. The molecule has 0 aromatic carbocycles. The zero-order valence-electron chi connectivity index (χ0n) is 62.4. The van der Waals surface area contributed by atoms with E-state index in [-0.39, 0.29) is 18.5 Å². The number of nitrogens with one attached hydrogen (secondary N) is 1. The predicted octanol–water partition coefficient (Wildman–Crippen LogP) is 22.6. The third kappa shape index (κ3) is 61.2. The van der Waals surface area contributed by atoms with E-state index in [0.29, 0.717) is 19.4 Å². The number of unbranched alkanes of at least 4 members (excludes halogenated alkanes) is 54. The molecular weight excluding hydrogens is 1180 g/mol. The van der Waals surface area contributed by atoms with Gasteiger partial charge in [-0.25, -0.2) is 0 Å². The van der Waals surface area contributed by atoms with E-state index in [1.807, 2.05) is 6.08 Å². The van der Waals surface area contributed by atoms with Gasteiger partial charge in [0.05, 0.1) is 32.0 Å². The van der Waals surface area contributed by atoms with E-state index in [0.717, 1.165) is 64.2 Å². The van der Waals surface area contributed by atoms with Gasteiger partial charge in [-0.05, 0) is 89.9 Å². The number of aliphatic hydroxyl groups is 5. The molecule has 1 rings (SSSR count). The normalized spacial score (nSPS) is 17.6. The number of hydrogen-bond donors (Lipinski definition) is 6. The second-order valence-corrected chi connectivity index (χ2v) is 28.8. The van der Waals surface area contributed by atoms with Crippen LogP contribution in [0.4, 0.5) is 0 Å². The van der Waals surface area contributed by atoms with E-state index < -0.39 is 49.5 Å². The lowest BCUT2D eigenvalue weighted by Crippen LogP contribution is -2.60. The Balaban J connectivity index is 1.84. The third-order valence-electron chi connectivity index (χ3n) is 19.7. The summed E-state index contributed by atoms with van der Waals surface area (Å²) in [6.45, 7) is 4.35. The smallest absolute Gasteiger partial charge is 0.305 e. The van der Waals surface area contributed by atoms with Crippen molar-refractivity contribution in [3.05, 3.63) is 48.6 Å². The molecule has 1 amide bonds. The molecular formula is C84H157NO10. The van der Waals surface area contributed by atoms with Gasteiger partial charge in [-0.3, -0.25) is 9.59 Å². The predicted molar refractivity (Wildman–Crippen MR) is 403 cm³/mol. The summed E-state index contributed by atoms with van der Waals surface area (Å²) in [6.07, 6.45) is 87.4. The van der Waals surface area contributed by atoms with Crippen molar-refractivity contribution in [3.8, 4) is 0 Å². The zero-order valence-corrected chi connectivity index (χ0v) is 62.4. The number of allylic oxidation sites excluding steroid dienone is 7. The topological polar surface area (TPSA) is 175 Å². The third-order valence-corrected chi connectivity index (χ3v) is 19.7. The van der Waals surface area contributed by atoms with Gasteiger partial charge in [-0.2, -0.15) is 0 Å². The van der Waals surface area contributed by atoms with E-state index in [1.165, 1.54) is 321 Å². The van der Waals surface area contributed by atoms with Gasteiger partial charge < -0.3 is 45.1 Å². The Morgan fingerprint density at radius 3 is 1.08 bits per heavy atom. The number of carbonyl (C=O) groups is 2. The molecule has 1 fully saturated rings. The number of amides is 1. The molecule has 0 aliphatic carbocycles. The summed E-state index contributed by atoms with van der Waals surface area (Å²) >= 11 is 0. The molecule has 1 saturated heterocycles. The van der Waals surface area contributed by atoms with Gasteiger partial charge in [0.1, 0.15) is 24.4 Å². The SMILES string of the molecule is CCCCCC/C=C\C/C=C\CCCCCCCCCC(=O)OCCCCCCCCCCCCCCCCCCCC/C=C\CCCCCCCCCCCCCCCCCCCC(=O)NC(COC1OC(CO)C(O)C(O)C1O)C(O)/C=C/CCCCCCCCCC. The first kappa shape index (κ1) is 90.6. The highest BCUT2D eigenvalue weighted by molar-refractivity contribution is 5.76. The summed E-state index contributed by atoms with van der Waals surface area (Å²) in [6, 6.07) is -0.806. The molecule has 0 spiro atoms. The molecule has 558 valence electrons. The summed E-state index contributed by atoms with van der Waals surface area (Å²) in [5.74, 6) is -0.167. The Kier molecular flexibility index (Phi) is 69.5. The number of rotatable bonds is 74. The molecule has 11 nitrogen and oxygen atoms in total. The van der Waals surface area contributed by atoms with Crippen molar-refractivity contribution < 1.29 is 49.3 Å². The van der Waals surface area contributed by atoms with Gasteiger partial charge in [0.15, 0.2) is 6.29 Å². The molecule has 95 heavy (non-hydrogen) atoms. The molecule has 1 aliphatic heterocycles. The fourth-order valence-corrected chi connectivity index (χ4v) is 13.2. The van der Waals surface area contributed by atoms with Crippen LogP contribution in [0.2, 0.25) is 0 Å². The zero-order chi connectivity index (χ0) is 68.6. The second kappa shape index (κ2) is 72.9. The largest absolute Gasteiger partial charge is 0.466 e. The summed E-state index contributed by atoms with van der Waals surface area (Å²) < 4.78 is 16.8. The average Bonchev–Trinajstić information content (AvgIpc) is 0.836. The van der Waals surface area contributed by atoms with Crippen LogP contribution in [-0.4, -0.2) is 100 Å². The lowest BCUT2D eigenvalue weighted by Gasteiger charge is -2.40. The van der Waals surface area contributed by atoms with Gasteiger partial charge in [-0.15, -0.1) is 0 Å². The average molecular weight is 1340 g/mol. The first-order valence-corrected chi connectivity index (χ1v) is 41.4. The van der Waals surface area contributed by atoms with E-state index in [2.05, 4.69) is 55.6 Å². The maximum Gasteiger partial charge on any atom is 0.305 e. The standard InChI is InChI=1S/C84H157NO10/c1-3-5-7-9-11-13-15-16-17-18-43-46-49-52-56-60-64-68-72-80(89)93-73-69-65-61-57-53-50-47-44-41-39-37-35-33-31-29-27-25-23-21-19-20-22-24-26-28-30-32-34-36-38-40-42-45-48-51-55-59-63-67-71-79(88)85-76(75-94-84-83(92)82(91)81(90)78(74-86)95-84)77(87)70-66-62-58-54-14-12-10-8-6-4-2/h13,15,17-20,66,70,76-78,81-84,86-87,90-92H,3-12,14,16,21-65,67-69,71-75H2,1-2H3,(H,85,88)/b15-13-,18-17-,20-19-,70-66+. The first-order chi connectivity index (χ1) is 46.7. The summed E-state index contributed by atoms with van der Waals surface area (Å²) in [5, 5.41) is 54.4. The van der Waals surface area contributed by atoms with E-state index in [9.17, 15) is 35.1 Å². The van der Waals surface area contributed by atoms with E-state index in [1.54, 1.807) is 6.08 Å². The highest BCUT2D eigenvalue weighted by atomic mass is 16.7. The lowest BCUT2D eigenvalue weighted by atomic mass is 9.99. The van der Waals surface area contributed by atoms with E-state index >= 15 is 0 Å². The minimum Gasteiger partial charge on any atom is -0.466 e. The van der Waals surface area contributed by atoms with Crippen molar-refractivity contribution >= 4 is 11.9 Å². The van der Waals surface area contributed by atoms with Crippen molar-refractivity contribution in [1.29, 1.82) is 0 Å². The summed E-state index contributed by atoms with van der Waals surface area (Å²) in [5.41, 5.74) is 0. The fourth-order valence-electron chi connectivity index (χ4n) is 13.2. The monoisotopic (exact) mass is 1340 g/mol. The first-order valence-electron chi connectivity index (χ1n) is 41.4. The lowest BCUT2D eigenvalue weighted by molar-refractivity contribution is -0.302. The molecule has 0 radical (unpaired) electrons. The molecule has 0 saturated carbocycles. The van der Waals surface area contributed by atoms with Crippen LogP contribution in [0.5, 0.6) is 0 Å². The quantitative estimate of drug-likeness (QED) is 0.0195. The van der Waals surface area contributed by atoms with Crippen LogP contribution in [-0.2, 0) is 23.8 Å². The van der Waals surface area contributed by atoms with Gasteiger partial charge in [0, 0.05) is 12.8 Å². The summed E-state index contributed by atoms with van der Waals surface area (Å²) in [7, 11) is 0. The Labute approximate surface area is 586 Å². The molecule has 1 heterocycles. The summed E-state index contributed by atoms with van der Waals surface area (Å²) in [4.78, 5) is 25.2. The maximum atomic E-state index is 13.1. The van der Waals surface area contributed by atoms with Crippen LogP contribution < -0.4 is 5.32 Å². The molecule has 6 N–H and O–H groups in total. The Morgan fingerprint density at radius 2 is 0.705 bits per heavy atom. The van der Waals surface area contributed by atoms with Crippen LogP contribution in [0.3, 0.4) is 0 Å². The Hall–Kier alpha value is -2.38. The number of aliphatic hydroxyl groups excluding tert-OH is 5. The van der Waals surface area contributed by atoms with Crippen LogP contribution in [0.1, 0.15) is 412 Å². The van der Waals surface area contributed by atoms with Gasteiger partial charge in [-0.1, -0.05) is 358 Å². The minimum absolute atomic E-state index is 0.00983. The van der Waals surface area contributed by atoms with Gasteiger partial charge in [0.25, 0.3) is 0 Å². The molecule has 7 atom stereocenters. The fraction of sp³-hybridized carbons (Fsp3) is 0.881. The molecule has 0 bridgehead atoms. The Morgan fingerprint density at radius 1 is 0.389 bits per heavy atom. The van der Waals surface area contributed by atoms with Crippen molar-refractivity contribution in [2.75, 3.05) is 19.8 Å².